The van der Waals surface area contributed by atoms with Crippen LogP contribution in [0.4, 0.5) is 0 Å². The van der Waals surface area contributed by atoms with E-state index >= 15 is 0 Å². The van der Waals surface area contributed by atoms with Crippen LogP contribution in [0.1, 0.15) is 34.2 Å². The summed E-state index contributed by atoms with van der Waals surface area (Å²) in [6.45, 7) is 9.99. The van der Waals surface area contributed by atoms with E-state index in [1.807, 2.05) is 30.3 Å². The number of aryl methyl sites for hydroxylation is 1. The van der Waals surface area contributed by atoms with Crippen LogP contribution in [0.2, 0.25) is 0 Å². The molecule has 1 aliphatic rings. The van der Waals surface area contributed by atoms with Gasteiger partial charge in [-0.3, -0.25) is 9.69 Å². The molecule has 1 amide bonds. The summed E-state index contributed by atoms with van der Waals surface area (Å²) < 4.78 is 5.89. The Morgan fingerprint density at radius 3 is 2.47 bits per heavy atom. The second-order valence-electron chi connectivity index (χ2n) is 7.85. The first-order valence-corrected chi connectivity index (χ1v) is 10.6. The van der Waals surface area contributed by atoms with E-state index in [1.165, 1.54) is 0 Å². The minimum atomic E-state index is -0.183. The Balaban J connectivity index is 1.61. The van der Waals surface area contributed by atoms with Crippen molar-refractivity contribution >= 4 is 16.9 Å². The highest BCUT2D eigenvalue weighted by molar-refractivity contribution is 6.08. The van der Waals surface area contributed by atoms with Crippen LogP contribution in [-0.4, -0.2) is 53.5 Å². The van der Waals surface area contributed by atoms with Gasteiger partial charge in [-0.1, -0.05) is 37.3 Å². The van der Waals surface area contributed by atoms with E-state index in [0.717, 1.165) is 49.2 Å². The highest BCUT2D eigenvalue weighted by Gasteiger charge is 2.25. The topological polar surface area (TPSA) is 69.0 Å². The molecule has 0 spiro atoms. The molecule has 6 heteroatoms. The lowest BCUT2D eigenvalue weighted by Gasteiger charge is -2.34. The van der Waals surface area contributed by atoms with Crippen LogP contribution >= 0.6 is 0 Å². The molecule has 1 saturated heterocycles. The van der Waals surface area contributed by atoms with Crippen LogP contribution < -0.4 is 5.32 Å². The molecule has 6 nitrogen and oxygen atoms in total. The zero-order valence-corrected chi connectivity index (χ0v) is 17.6. The van der Waals surface area contributed by atoms with Gasteiger partial charge in [-0.15, -0.1) is 0 Å². The monoisotopic (exact) mass is 407 g/mol. The fourth-order valence-electron chi connectivity index (χ4n) is 4.15. The predicted octanol–water partition coefficient (Wildman–Crippen LogP) is 3.51. The maximum Gasteiger partial charge on any atom is 0.255 e. The van der Waals surface area contributed by atoms with Crippen molar-refractivity contribution in [2.75, 3.05) is 32.7 Å². The Morgan fingerprint density at radius 1 is 1.07 bits per heavy atom. The van der Waals surface area contributed by atoms with E-state index < -0.39 is 0 Å². The first kappa shape index (κ1) is 20.4. The number of carbonyl (C=O) groups is 1. The number of likely N-dealkylation sites (N-methyl/N-ethyl adjacent to an activating group) is 1. The Kier molecular flexibility index (Phi) is 6.06. The first-order chi connectivity index (χ1) is 14.6. The normalized spacial score (nSPS) is 15.5. The van der Waals surface area contributed by atoms with Gasteiger partial charge in [0.05, 0.1) is 5.56 Å². The van der Waals surface area contributed by atoms with Crippen LogP contribution in [0.15, 0.2) is 46.9 Å². The highest BCUT2D eigenvalue weighted by atomic mass is 16.3. The lowest BCUT2D eigenvalue weighted by atomic mass is 10.0. The van der Waals surface area contributed by atoms with Gasteiger partial charge in [0.1, 0.15) is 17.1 Å². The molecule has 2 heterocycles. The third-order valence-corrected chi connectivity index (χ3v) is 5.93. The van der Waals surface area contributed by atoms with Crippen LogP contribution in [0.5, 0.6) is 5.75 Å². The molecule has 1 aromatic heterocycles. The molecule has 0 atom stereocenters. The second kappa shape index (κ2) is 8.90. The molecule has 0 unspecified atom stereocenters. The Hall–Kier alpha value is -2.83. The summed E-state index contributed by atoms with van der Waals surface area (Å²) in [6, 6.07) is 13.2. The summed E-state index contributed by atoms with van der Waals surface area (Å²) in [4.78, 5) is 17.8. The quantitative estimate of drug-likeness (QED) is 0.654. The molecule has 0 radical (unpaired) electrons. The molecule has 30 heavy (non-hydrogen) atoms. The molecule has 2 N–H and O–H groups in total. The number of carbonyl (C=O) groups excluding carboxylic acids is 1. The number of piperazine rings is 1. The standard InChI is InChI=1S/C24H29N3O3/c1-3-26-11-13-27(14-12-26)16-19-20(28)9-10-21-23(19)22(17(2)30-21)24(29)25-15-18-7-5-4-6-8-18/h4-10,28H,3,11-16H2,1-2H3,(H,25,29). The van der Waals surface area contributed by atoms with Crippen molar-refractivity contribution < 1.29 is 14.3 Å². The number of fused-ring (bicyclic) bond motifs is 1. The lowest BCUT2D eigenvalue weighted by Crippen LogP contribution is -2.45. The van der Waals surface area contributed by atoms with Gasteiger partial charge >= 0.3 is 0 Å². The van der Waals surface area contributed by atoms with Crippen molar-refractivity contribution in [3.8, 4) is 5.75 Å². The maximum atomic E-state index is 13.1. The smallest absolute Gasteiger partial charge is 0.255 e. The Labute approximate surface area is 177 Å². The average molecular weight is 408 g/mol. The van der Waals surface area contributed by atoms with E-state index in [1.54, 1.807) is 19.1 Å². The summed E-state index contributed by atoms with van der Waals surface area (Å²) >= 11 is 0. The SMILES string of the molecule is CCN1CCN(Cc2c(O)ccc3oc(C)c(C(=O)NCc4ccccc4)c23)CC1. The number of phenols is 1. The second-order valence-corrected chi connectivity index (χ2v) is 7.85. The minimum absolute atomic E-state index is 0.183. The summed E-state index contributed by atoms with van der Waals surface area (Å²) in [5.41, 5.74) is 2.95. The number of nitrogens with zero attached hydrogens (tertiary/aromatic N) is 2. The number of rotatable bonds is 6. The molecular weight excluding hydrogens is 378 g/mol. The van der Waals surface area contributed by atoms with Gasteiger partial charge in [-0.05, 0) is 31.2 Å². The summed E-state index contributed by atoms with van der Waals surface area (Å²) in [7, 11) is 0. The molecule has 0 bridgehead atoms. The van der Waals surface area contributed by atoms with Crippen molar-refractivity contribution in [1.82, 2.24) is 15.1 Å². The van der Waals surface area contributed by atoms with E-state index in [4.69, 9.17) is 4.42 Å². The Bertz CT molecular complexity index is 1020. The average Bonchev–Trinajstić information content (AvgIpc) is 3.11. The van der Waals surface area contributed by atoms with Crippen molar-refractivity contribution in [2.45, 2.75) is 26.9 Å². The molecular formula is C24H29N3O3. The van der Waals surface area contributed by atoms with Crippen molar-refractivity contribution in [3.05, 3.63) is 64.9 Å². The largest absolute Gasteiger partial charge is 0.508 e. The fraction of sp³-hybridized carbons (Fsp3) is 0.375. The van der Waals surface area contributed by atoms with Gasteiger partial charge < -0.3 is 19.7 Å². The maximum absolute atomic E-state index is 13.1. The van der Waals surface area contributed by atoms with Crippen LogP contribution in [0.3, 0.4) is 0 Å². The molecule has 3 aromatic rings. The van der Waals surface area contributed by atoms with Crippen molar-refractivity contribution in [3.63, 3.8) is 0 Å². The van der Waals surface area contributed by atoms with E-state index in [-0.39, 0.29) is 11.7 Å². The molecule has 1 fully saturated rings. The van der Waals surface area contributed by atoms with E-state index in [2.05, 4.69) is 22.0 Å². The van der Waals surface area contributed by atoms with Gasteiger partial charge in [0.15, 0.2) is 0 Å². The number of hydrogen-bond acceptors (Lipinski definition) is 5. The summed E-state index contributed by atoms with van der Waals surface area (Å²) in [5.74, 6) is 0.592. The van der Waals surface area contributed by atoms with Crippen LogP contribution in [0.25, 0.3) is 11.0 Å². The van der Waals surface area contributed by atoms with Gasteiger partial charge in [0.25, 0.3) is 5.91 Å². The highest BCUT2D eigenvalue weighted by Crippen LogP contribution is 2.34. The van der Waals surface area contributed by atoms with Gasteiger partial charge in [-0.2, -0.15) is 0 Å². The number of benzene rings is 2. The molecule has 1 aliphatic heterocycles. The molecule has 158 valence electrons. The molecule has 4 rings (SSSR count). The fourth-order valence-corrected chi connectivity index (χ4v) is 4.15. The first-order valence-electron chi connectivity index (χ1n) is 10.6. The van der Waals surface area contributed by atoms with E-state index in [0.29, 0.717) is 30.0 Å². The lowest BCUT2D eigenvalue weighted by molar-refractivity contribution is 0.0950. The Morgan fingerprint density at radius 2 is 1.77 bits per heavy atom. The van der Waals surface area contributed by atoms with E-state index in [9.17, 15) is 9.90 Å². The number of nitrogens with one attached hydrogen (secondary N) is 1. The number of aromatic hydroxyl groups is 1. The van der Waals surface area contributed by atoms with Gasteiger partial charge in [0, 0.05) is 50.2 Å². The third-order valence-electron chi connectivity index (χ3n) is 5.93. The summed E-state index contributed by atoms with van der Waals surface area (Å²) in [6.07, 6.45) is 0. The predicted molar refractivity (Wildman–Crippen MR) is 118 cm³/mol. The minimum Gasteiger partial charge on any atom is -0.508 e. The van der Waals surface area contributed by atoms with Crippen molar-refractivity contribution in [1.29, 1.82) is 0 Å². The number of amides is 1. The number of hydrogen-bond donors (Lipinski definition) is 2. The van der Waals surface area contributed by atoms with Gasteiger partial charge in [-0.25, -0.2) is 0 Å². The number of phenolic OH excluding ortho intramolecular Hbond substituents is 1. The molecule has 0 saturated carbocycles. The molecule has 0 aliphatic carbocycles. The zero-order chi connectivity index (χ0) is 21.1. The third kappa shape index (κ3) is 4.20. The van der Waals surface area contributed by atoms with Crippen molar-refractivity contribution in [2.24, 2.45) is 0 Å². The zero-order valence-electron chi connectivity index (χ0n) is 17.6. The van der Waals surface area contributed by atoms with Crippen LogP contribution in [0, 0.1) is 6.92 Å². The van der Waals surface area contributed by atoms with Gasteiger partial charge in [0.2, 0.25) is 0 Å². The molecule has 2 aromatic carbocycles. The number of furan rings is 1. The summed E-state index contributed by atoms with van der Waals surface area (Å²) in [5, 5.41) is 14.4. The van der Waals surface area contributed by atoms with Crippen LogP contribution in [-0.2, 0) is 13.1 Å².